The molecule has 0 fully saturated rings. The van der Waals surface area contributed by atoms with Crippen LogP contribution in [-0.4, -0.2) is 20.6 Å². The third kappa shape index (κ3) is 5.89. The van der Waals surface area contributed by atoms with Crippen LogP contribution >= 0.6 is 0 Å². The highest BCUT2D eigenvalue weighted by Crippen LogP contribution is 2.38. The van der Waals surface area contributed by atoms with Crippen molar-refractivity contribution >= 4 is 15.8 Å². The van der Waals surface area contributed by atoms with Crippen molar-refractivity contribution < 1.29 is 57.5 Å². The number of halogens is 9. The zero-order valence-electron chi connectivity index (χ0n) is 14.9. The van der Waals surface area contributed by atoms with E-state index in [-0.39, 0.29) is 24.3 Å². The standard InChI is InChI=1S/C17H9F9O4S/c1-31(28,29)13-7-8(15(18,19)20)2-3-12(13)14(27)30-11-5-9(16(21,22)23)4-10(6-11)17(24,25)26/h2-7H,1H3. The third-order valence-corrected chi connectivity index (χ3v) is 4.84. The van der Waals surface area contributed by atoms with Gasteiger partial charge in [-0.15, -0.1) is 0 Å². The Labute approximate surface area is 168 Å². The summed E-state index contributed by atoms with van der Waals surface area (Å²) in [6, 6.07) is 0.656. The van der Waals surface area contributed by atoms with Crippen molar-refractivity contribution in [2.45, 2.75) is 23.4 Å². The molecule has 170 valence electrons. The third-order valence-electron chi connectivity index (χ3n) is 3.70. The Morgan fingerprint density at radius 1 is 0.742 bits per heavy atom. The molecule has 0 N–H and O–H groups in total. The van der Waals surface area contributed by atoms with Crippen molar-refractivity contribution in [3.63, 3.8) is 0 Å². The van der Waals surface area contributed by atoms with Gasteiger partial charge in [0.2, 0.25) is 0 Å². The number of hydrogen-bond acceptors (Lipinski definition) is 4. The number of hydrogen-bond donors (Lipinski definition) is 0. The highest BCUT2D eigenvalue weighted by atomic mass is 32.2. The molecule has 0 unspecified atom stereocenters. The van der Waals surface area contributed by atoms with E-state index in [9.17, 15) is 52.7 Å². The van der Waals surface area contributed by atoms with Crippen LogP contribution in [0.1, 0.15) is 27.0 Å². The summed E-state index contributed by atoms with van der Waals surface area (Å²) in [6.45, 7) is 0. The number of rotatable bonds is 3. The zero-order valence-corrected chi connectivity index (χ0v) is 15.7. The van der Waals surface area contributed by atoms with Gasteiger partial charge in [0.15, 0.2) is 9.84 Å². The lowest BCUT2D eigenvalue weighted by Gasteiger charge is -2.15. The molecule has 0 amide bonds. The number of sulfone groups is 1. The number of esters is 1. The molecule has 0 aromatic heterocycles. The molecule has 0 aliphatic carbocycles. The Bertz CT molecular complexity index is 1080. The molecule has 31 heavy (non-hydrogen) atoms. The summed E-state index contributed by atoms with van der Waals surface area (Å²) < 4.78 is 144. The highest BCUT2D eigenvalue weighted by molar-refractivity contribution is 7.90. The van der Waals surface area contributed by atoms with Crippen LogP contribution in [0.25, 0.3) is 0 Å². The smallest absolute Gasteiger partial charge is 0.416 e. The van der Waals surface area contributed by atoms with Gasteiger partial charge in [0.05, 0.1) is 27.1 Å². The molecule has 0 bridgehead atoms. The second-order valence-electron chi connectivity index (χ2n) is 6.11. The number of ether oxygens (including phenoxy) is 1. The molecule has 2 aromatic carbocycles. The maximum absolute atomic E-state index is 12.9. The fraction of sp³-hybridized carbons (Fsp3) is 0.235. The van der Waals surface area contributed by atoms with Crippen molar-refractivity contribution in [1.82, 2.24) is 0 Å². The minimum Gasteiger partial charge on any atom is -0.423 e. The molecule has 0 heterocycles. The van der Waals surface area contributed by atoms with Crippen LogP contribution < -0.4 is 4.74 Å². The SMILES string of the molecule is CS(=O)(=O)c1cc(C(F)(F)F)ccc1C(=O)Oc1cc(C(F)(F)F)cc(C(F)(F)F)c1. The number of benzene rings is 2. The minimum absolute atomic E-state index is 0.0529. The molecule has 0 atom stereocenters. The van der Waals surface area contributed by atoms with Crippen LogP contribution in [0, 0.1) is 0 Å². The van der Waals surface area contributed by atoms with Gasteiger partial charge < -0.3 is 4.74 Å². The Hall–Kier alpha value is -2.77. The second kappa shape index (κ2) is 7.73. The first-order valence-electron chi connectivity index (χ1n) is 7.73. The van der Waals surface area contributed by atoms with Crippen LogP contribution in [0.5, 0.6) is 5.75 Å². The Morgan fingerprint density at radius 3 is 1.58 bits per heavy atom. The summed E-state index contributed by atoms with van der Waals surface area (Å²) in [4.78, 5) is 11.1. The predicted molar refractivity (Wildman–Crippen MR) is 86.0 cm³/mol. The zero-order chi connectivity index (χ0) is 24.0. The summed E-state index contributed by atoms with van der Waals surface area (Å²) in [7, 11) is -4.48. The van der Waals surface area contributed by atoms with E-state index in [1.165, 1.54) is 0 Å². The largest absolute Gasteiger partial charge is 0.423 e. The quantitative estimate of drug-likeness (QED) is 0.337. The summed E-state index contributed by atoms with van der Waals surface area (Å²) >= 11 is 0. The Kier molecular flexibility index (Phi) is 6.11. The molecular weight excluding hydrogens is 471 g/mol. The maximum Gasteiger partial charge on any atom is 0.416 e. The fourth-order valence-corrected chi connectivity index (χ4v) is 3.21. The van der Waals surface area contributed by atoms with Gasteiger partial charge in [0, 0.05) is 6.26 Å². The van der Waals surface area contributed by atoms with Gasteiger partial charge >= 0.3 is 24.5 Å². The number of alkyl halides is 9. The molecule has 0 saturated carbocycles. The summed E-state index contributed by atoms with van der Waals surface area (Å²) in [6.07, 6.45) is -15.1. The molecule has 0 saturated heterocycles. The van der Waals surface area contributed by atoms with Crippen molar-refractivity contribution in [2.24, 2.45) is 0 Å². The monoisotopic (exact) mass is 480 g/mol. The van der Waals surface area contributed by atoms with E-state index in [1.807, 2.05) is 0 Å². The van der Waals surface area contributed by atoms with Crippen molar-refractivity contribution in [2.75, 3.05) is 6.26 Å². The number of carbonyl (C=O) groups excluding carboxylic acids is 1. The van der Waals surface area contributed by atoms with Gasteiger partial charge in [-0.05, 0) is 36.4 Å². The van der Waals surface area contributed by atoms with Gasteiger partial charge in [-0.25, -0.2) is 13.2 Å². The van der Waals surface area contributed by atoms with Gasteiger partial charge in [0.25, 0.3) is 0 Å². The molecule has 2 aromatic rings. The summed E-state index contributed by atoms with van der Waals surface area (Å²) in [5, 5.41) is 0. The van der Waals surface area contributed by atoms with E-state index < -0.39 is 67.2 Å². The molecule has 0 aliphatic rings. The average Bonchev–Trinajstić information content (AvgIpc) is 2.57. The van der Waals surface area contributed by atoms with Crippen LogP contribution in [0.2, 0.25) is 0 Å². The van der Waals surface area contributed by atoms with Gasteiger partial charge in [-0.1, -0.05) is 0 Å². The predicted octanol–water partition coefficient (Wildman–Crippen LogP) is 5.37. The Balaban J connectivity index is 2.57. The van der Waals surface area contributed by atoms with E-state index in [4.69, 9.17) is 0 Å². The maximum atomic E-state index is 12.9. The van der Waals surface area contributed by atoms with E-state index in [2.05, 4.69) is 4.74 Å². The average molecular weight is 480 g/mol. The van der Waals surface area contributed by atoms with Crippen LogP contribution in [0.4, 0.5) is 39.5 Å². The molecule has 4 nitrogen and oxygen atoms in total. The first kappa shape index (κ1) is 24.5. The van der Waals surface area contributed by atoms with E-state index in [1.54, 1.807) is 0 Å². The van der Waals surface area contributed by atoms with Gasteiger partial charge in [-0.2, -0.15) is 39.5 Å². The minimum atomic E-state index is -5.26. The van der Waals surface area contributed by atoms with Gasteiger partial charge in [-0.3, -0.25) is 0 Å². The van der Waals surface area contributed by atoms with E-state index in [0.29, 0.717) is 18.4 Å². The second-order valence-corrected chi connectivity index (χ2v) is 8.10. The van der Waals surface area contributed by atoms with Crippen LogP contribution in [0.15, 0.2) is 41.3 Å². The fourth-order valence-electron chi connectivity index (χ4n) is 2.32. The molecule has 2 rings (SSSR count). The van der Waals surface area contributed by atoms with E-state index >= 15 is 0 Å². The van der Waals surface area contributed by atoms with Crippen molar-refractivity contribution in [1.29, 1.82) is 0 Å². The van der Waals surface area contributed by atoms with Crippen LogP contribution in [0.3, 0.4) is 0 Å². The topological polar surface area (TPSA) is 60.4 Å². The Morgan fingerprint density at radius 2 is 1.19 bits per heavy atom. The normalized spacial score (nSPS) is 13.2. The lowest BCUT2D eigenvalue weighted by molar-refractivity contribution is -0.143. The van der Waals surface area contributed by atoms with Crippen molar-refractivity contribution in [3.05, 3.63) is 58.7 Å². The highest BCUT2D eigenvalue weighted by Gasteiger charge is 2.38. The van der Waals surface area contributed by atoms with Crippen molar-refractivity contribution in [3.8, 4) is 5.75 Å². The molecule has 0 spiro atoms. The molecular formula is C17H9F9O4S. The van der Waals surface area contributed by atoms with E-state index in [0.717, 1.165) is 0 Å². The molecule has 0 aliphatic heterocycles. The van der Waals surface area contributed by atoms with Crippen LogP contribution in [-0.2, 0) is 28.4 Å². The summed E-state index contributed by atoms with van der Waals surface area (Å²) in [5.74, 6) is -3.02. The lowest BCUT2D eigenvalue weighted by Crippen LogP contribution is -2.17. The first-order valence-corrected chi connectivity index (χ1v) is 9.62. The number of carbonyl (C=O) groups is 1. The molecule has 14 heteroatoms. The van der Waals surface area contributed by atoms with Gasteiger partial charge in [0.1, 0.15) is 5.75 Å². The molecule has 0 radical (unpaired) electrons. The first-order chi connectivity index (χ1) is 13.8. The lowest BCUT2D eigenvalue weighted by atomic mass is 10.1. The summed E-state index contributed by atoms with van der Waals surface area (Å²) in [5.41, 5.74) is -6.11.